The van der Waals surface area contributed by atoms with Crippen molar-refractivity contribution in [2.24, 2.45) is 23.7 Å². The molecule has 5 unspecified atom stereocenters. The van der Waals surface area contributed by atoms with E-state index in [9.17, 15) is 21.6 Å². The first-order valence-corrected chi connectivity index (χ1v) is 12.2. The van der Waals surface area contributed by atoms with E-state index in [1.54, 1.807) is 0 Å². The van der Waals surface area contributed by atoms with Crippen LogP contribution in [0.5, 0.6) is 0 Å². The van der Waals surface area contributed by atoms with Crippen molar-refractivity contribution >= 4 is 25.8 Å². The average molecular weight is 376 g/mol. The van der Waals surface area contributed by atoms with Crippen LogP contribution in [0, 0.1) is 23.7 Å². The summed E-state index contributed by atoms with van der Waals surface area (Å²) in [5.41, 5.74) is 0. The third-order valence-corrected chi connectivity index (χ3v) is 11.3. The number of nitrogens with one attached hydrogen (secondary N) is 1. The molecule has 0 aromatic heterocycles. The van der Waals surface area contributed by atoms with Crippen LogP contribution < -0.4 is 4.13 Å². The van der Waals surface area contributed by atoms with E-state index in [-0.39, 0.29) is 23.5 Å². The number of sulfonamides is 2. The van der Waals surface area contributed by atoms with E-state index in [0.717, 1.165) is 38.5 Å². The second-order valence-corrected chi connectivity index (χ2v) is 12.0. The Bertz CT molecular complexity index is 738. The van der Waals surface area contributed by atoms with Crippen LogP contribution in [0.2, 0.25) is 0 Å². The molecule has 0 radical (unpaired) electrons. The summed E-state index contributed by atoms with van der Waals surface area (Å²) in [4.78, 5) is 12.6. The van der Waals surface area contributed by atoms with E-state index in [2.05, 4.69) is 0 Å². The van der Waals surface area contributed by atoms with Gasteiger partial charge < -0.3 is 0 Å². The van der Waals surface area contributed by atoms with Gasteiger partial charge in [-0.15, -0.1) is 4.13 Å². The fourth-order valence-electron chi connectivity index (χ4n) is 5.83. The molecular weight excluding hydrogens is 350 g/mol. The minimum Gasteiger partial charge on any atom is -0.298 e. The normalized spacial score (nSPS) is 40.2. The lowest BCUT2D eigenvalue weighted by Crippen LogP contribution is -2.50. The first-order valence-electron chi connectivity index (χ1n) is 9.11. The van der Waals surface area contributed by atoms with Crippen LogP contribution in [0.4, 0.5) is 0 Å². The molecule has 4 fully saturated rings. The highest BCUT2D eigenvalue weighted by Crippen LogP contribution is 2.58. The predicted molar refractivity (Wildman–Crippen MR) is 89.1 cm³/mol. The predicted octanol–water partition coefficient (Wildman–Crippen LogP) is 1.57. The van der Waals surface area contributed by atoms with E-state index < -0.39 is 30.5 Å². The summed E-state index contributed by atoms with van der Waals surface area (Å²) >= 11 is 0. The zero-order valence-corrected chi connectivity index (χ0v) is 15.3. The molecule has 8 heteroatoms. The van der Waals surface area contributed by atoms with Crippen molar-refractivity contribution in [2.45, 2.75) is 68.3 Å². The summed E-state index contributed by atoms with van der Waals surface area (Å²) in [6, 6.07) is 0. The highest BCUT2D eigenvalue weighted by molar-refractivity contribution is 8.05. The van der Waals surface area contributed by atoms with Crippen molar-refractivity contribution in [1.82, 2.24) is 4.13 Å². The number of fused-ring (bicyclic) bond motifs is 5. The summed E-state index contributed by atoms with van der Waals surface area (Å²) in [6.07, 6.45) is 7.27. The first kappa shape index (κ1) is 17.0. The van der Waals surface area contributed by atoms with Crippen LogP contribution >= 0.6 is 0 Å². The number of rotatable bonds is 4. The molecule has 0 aromatic carbocycles. The van der Waals surface area contributed by atoms with Gasteiger partial charge in [-0.2, -0.15) is 0 Å². The molecule has 136 valence electrons. The Balaban J connectivity index is 1.56. The second-order valence-electron chi connectivity index (χ2n) is 8.02. The molecule has 0 aliphatic heterocycles. The van der Waals surface area contributed by atoms with E-state index in [1.807, 2.05) is 4.13 Å². The maximum Gasteiger partial charge on any atom is 0.234 e. The van der Waals surface area contributed by atoms with E-state index in [0.29, 0.717) is 25.2 Å². The maximum absolute atomic E-state index is 12.8. The van der Waals surface area contributed by atoms with E-state index in [4.69, 9.17) is 0 Å². The third-order valence-electron chi connectivity index (χ3n) is 6.81. The van der Waals surface area contributed by atoms with Gasteiger partial charge in [-0.25, -0.2) is 16.8 Å². The molecule has 0 aromatic rings. The van der Waals surface area contributed by atoms with Gasteiger partial charge in [0.2, 0.25) is 20.0 Å². The molecule has 0 heterocycles. The molecule has 4 aliphatic carbocycles. The second kappa shape index (κ2) is 5.77. The van der Waals surface area contributed by atoms with Crippen LogP contribution in [0.15, 0.2) is 0 Å². The van der Waals surface area contributed by atoms with Gasteiger partial charge in [0.05, 0.1) is 5.25 Å². The largest absolute Gasteiger partial charge is 0.298 e. The molecule has 6 nitrogen and oxygen atoms in total. The average Bonchev–Trinajstić information content (AvgIpc) is 3.18. The van der Waals surface area contributed by atoms with Crippen LogP contribution in [0.3, 0.4) is 0 Å². The van der Waals surface area contributed by atoms with E-state index in [1.165, 1.54) is 0 Å². The SMILES string of the molecule is O=C1C2CC(C3CCCC23)C1S(=O)(=O)NS(=O)(=O)C1CCCCC1. The summed E-state index contributed by atoms with van der Waals surface area (Å²) in [6.45, 7) is 0. The number of Topliss-reactive ketones (excluding diaryl/α,β-unsaturated/α-hetero) is 1. The molecular formula is C16H25NO5S2. The van der Waals surface area contributed by atoms with Gasteiger partial charge in [0.25, 0.3) is 0 Å². The topological polar surface area (TPSA) is 97.4 Å². The molecule has 4 rings (SSSR count). The molecule has 5 atom stereocenters. The number of hydrogen-bond acceptors (Lipinski definition) is 5. The van der Waals surface area contributed by atoms with Crippen molar-refractivity contribution < 1.29 is 21.6 Å². The van der Waals surface area contributed by atoms with Gasteiger partial charge in [-0.05, 0) is 49.9 Å². The van der Waals surface area contributed by atoms with Gasteiger partial charge in [0, 0.05) is 5.92 Å². The van der Waals surface area contributed by atoms with Gasteiger partial charge in [0.15, 0.2) is 5.78 Å². The Labute approximate surface area is 143 Å². The lowest BCUT2D eigenvalue weighted by atomic mass is 9.81. The fourth-order valence-corrected chi connectivity index (χ4v) is 10.3. The highest BCUT2D eigenvalue weighted by Gasteiger charge is 2.63. The quantitative estimate of drug-likeness (QED) is 0.804. The van der Waals surface area contributed by atoms with Crippen LogP contribution in [-0.4, -0.2) is 33.1 Å². The number of carbonyl (C=O) groups is 1. The van der Waals surface area contributed by atoms with Crippen molar-refractivity contribution in [3.63, 3.8) is 0 Å². The standard InChI is InChI=1S/C16H25NO5S2/c18-15-13-9-14(12-8-4-7-11(12)13)16(15)24(21,22)17-23(19,20)10-5-2-1-3-6-10/h10-14,16-17H,1-9H2. The summed E-state index contributed by atoms with van der Waals surface area (Å²) in [7, 11) is -8.10. The third kappa shape index (κ3) is 2.56. The van der Waals surface area contributed by atoms with Crippen molar-refractivity contribution in [2.75, 3.05) is 0 Å². The minimum absolute atomic E-state index is 0.165. The molecule has 0 spiro atoms. The lowest BCUT2D eigenvalue weighted by molar-refractivity contribution is -0.123. The first-order chi connectivity index (χ1) is 11.3. The summed E-state index contributed by atoms with van der Waals surface area (Å²) < 4.78 is 52.5. The number of hydrogen-bond donors (Lipinski definition) is 1. The number of carbonyl (C=O) groups excluding carboxylic acids is 1. The number of ketones is 1. The Hall–Kier alpha value is -0.470. The van der Waals surface area contributed by atoms with Gasteiger partial charge >= 0.3 is 0 Å². The Morgan fingerprint density at radius 2 is 1.42 bits per heavy atom. The molecule has 4 aliphatic rings. The maximum atomic E-state index is 12.8. The minimum atomic E-state index is -4.17. The zero-order chi connectivity index (χ0) is 17.1. The molecule has 2 bridgehead atoms. The Morgan fingerprint density at radius 1 is 0.750 bits per heavy atom. The van der Waals surface area contributed by atoms with Gasteiger partial charge in [-0.3, -0.25) is 4.79 Å². The zero-order valence-electron chi connectivity index (χ0n) is 13.7. The van der Waals surface area contributed by atoms with Crippen LogP contribution in [-0.2, 0) is 24.8 Å². The summed E-state index contributed by atoms with van der Waals surface area (Å²) in [5, 5.41) is -1.80. The van der Waals surface area contributed by atoms with Gasteiger partial charge in [0.1, 0.15) is 5.25 Å². The van der Waals surface area contributed by atoms with Crippen molar-refractivity contribution in [3.8, 4) is 0 Å². The Morgan fingerprint density at radius 3 is 2.12 bits per heavy atom. The van der Waals surface area contributed by atoms with Gasteiger partial charge in [-0.1, -0.05) is 25.7 Å². The monoisotopic (exact) mass is 375 g/mol. The fraction of sp³-hybridized carbons (Fsp3) is 0.938. The Kier molecular flexibility index (Phi) is 4.08. The molecule has 24 heavy (non-hydrogen) atoms. The lowest BCUT2D eigenvalue weighted by Gasteiger charge is -2.30. The van der Waals surface area contributed by atoms with Crippen LogP contribution in [0.1, 0.15) is 57.8 Å². The smallest absolute Gasteiger partial charge is 0.234 e. The highest BCUT2D eigenvalue weighted by atomic mass is 32.3. The molecule has 0 amide bonds. The molecule has 0 saturated heterocycles. The van der Waals surface area contributed by atoms with E-state index >= 15 is 0 Å². The van der Waals surface area contributed by atoms with Crippen LogP contribution in [0.25, 0.3) is 0 Å². The van der Waals surface area contributed by atoms with Crippen molar-refractivity contribution in [3.05, 3.63) is 0 Å². The molecule has 4 saturated carbocycles. The molecule has 1 N–H and O–H groups in total. The van der Waals surface area contributed by atoms with Crippen molar-refractivity contribution in [1.29, 1.82) is 0 Å². The summed E-state index contributed by atoms with van der Waals surface area (Å²) in [5.74, 6) is 0.0283.